The van der Waals surface area contributed by atoms with Crippen LogP contribution in [0.2, 0.25) is 0 Å². The van der Waals surface area contributed by atoms with Gasteiger partial charge in [0, 0.05) is 31.1 Å². The molecule has 1 aliphatic carbocycles. The predicted molar refractivity (Wildman–Crippen MR) is 73.5 cm³/mol. The maximum Gasteiger partial charge on any atom is 0.185 e. The number of rotatable bonds is 5. The molecular formula is C12H22N4S. The minimum atomic E-state index is 0.350. The van der Waals surface area contributed by atoms with Crippen molar-refractivity contribution in [3.8, 4) is 0 Å². The molecule has 0 radical (unpaired) electrons. The Kier molecular flexibility index (Phi) is 3.70. The summed E-state index contributed by atoms with van der Waals surface area (Å²) in [7, 11) is 6.49. The van der Waals surface area contributed by atoms with E-state index in [4.69, 9.17) is 5.73 Å². The summed E-state index contributed by atoms with van der Waals surface area (Å²) in [4.78, 5) is 9.16. The first kappa shape index (κ1) is 12.8. The summed E-state index contributed by atoms with van der Waals surface area (Å²) in [6.07, 6.45) is 3.93. The molecule has 2 N–H and O–H groups in total. The molecule has 0 amide bonds. The Morgan fingerprint density at radius 2 is 2.12 bits per heavy atom. The van der Waals surface area contributed by atoms with Gasteiger partial charge in [0.15, 0.2) is 5.13 Å². The third kappa shape index (κ3) is 2.46. The Labute approximate surface area is 107 Å². The highest BCUT2D eigenvalue weighted by atomic mass is 32.1. The van der Waals surface area contributed by atoms with Crippen molar-refractivity contribution in [1.82, 2.24) is 9.88 Å². The van der Waals surface area contributed by atoms with Crippen LogP contribution in [0.25, 0.3) is 0 Å². The fourth-order valence-corrected chi connectivity index (χ4v) is 3.21. The van der Waals surface area contributed by atoms with Crippen LogP contribution in [0.4, 0.5) is 5.13 Å². The van der Waals surface area contributed by atoms with Crippen molar-refractivity contribution in [2.45, 2.75) is 31.3 Å². The molecule has 1 heterocycles. The third-order valence-corrected chi connectivity index (χ3v) is 4.84. The van der Waals surface area contributed by atoms with Crippen LogP contribution in [0.3, 0.4) is 0 Å². The number of anilines is 1. The third-order valence-electron chi connectivity index (χ3n) is 3.84. The molecule has 0 atom stereocenters. The molecule has 1 aromatic rings. The monoisotopic (exact) mass is 254 g/mol. The van der Waals surface area contributed by atoms with E-state index in [2.05, 4.69) is 41.3 Å². The number of hydrogen-bond acceptors (Lipinski definition) is 5. The molecule has 1 saturated carbocycles. The molecule has 0 spiro atoms. The molecule has 5 heteroatoms. The van der Waals surface area contributed by atoms with Gasteiger partial charge in [-0.3, -0.25) is 0 Å². The second-order valence-electron chi connectivity index (χ2n) is 5.15. The SMILES string of the molecule is CN(CC1(N(C)C)CCC1)c1nc(CN)cs1. The van der Waals surface area contributed by atoms with E-state index < -0.39 is 0 Å². The lowest BCUT2D eigenvalue weighted by molar-refractivity contribution is 0.0683. The van der Waals surface area contributed by atoms with Crippen LogP contribution in [0.1, 0.15) is 25.0 Å². The zero-order chi connectivity index (χ0) is 12.5. The highest BCUT2D eigenvalue weighted by molar-refractivity contribution is 7.13. The summed E-state index contributed by atoms with van der Waals surface area (Å²) in [6, 6.07) is 0. The van der Waals surface area contributed by atoms with E-state index in [1.165, 1.54) is 19.3 Å². The van der Waals surface area contributed by atoms with Gasteiger partial charge in [-0.05, 0) is 33.4 Å². The summed E-state index contributed by atoms with van der Waals surface area (Å²) >= 11 is 1.69. The van der Waals surface area contributed by atoms with E-state index in [0.29, 0.717) is 12.1 Å². The molecule has 4 nitrogen and oxygen atoms in total. The van der Waals surface area contributed by atoms with Crippen LogP contribution in [-0.2, 0) is 6.54 Å². The molecule has 0 saturated heterocycles. The standard InChI is InChI=1S/C12H22N4S/c1-15(2)12(5-4-6-12)9-16(3)11-14-10(7-13)8-17-11/h8H,4-7,9,13H2,1-3H3. The molecule has 2 rings (SSSR count). The van der Waals surface area contributed by atoms with Gasteiger partial charge < -0.3 is 15.5 Å². The second kappa shape index (κ2) is 4.92. The van der Waals surface area contributed by atoms with Crippen molar-refractivity contribution < 1.29 is 0 Å². The molecule has 1 aromatic heterocycles. The summed E-state index contributed by atoms with van der Waals surface area (Å²) in [6.45, 7) is 1.58. The maximum absolute atomic E-state index is 5.59. The van der Waals surface area contributed by atoms with E-state index in [-0.39, 0.29) is 0 Å². The Morgan fingerprint density at radius 3 is 2.53 bits per heavy atom. The fourth-order valence-electron chi connectivity index (χ4n) is 2.41. The van der Waals surface area contributed by atoms with Gasteiger partial charge in [-0.15, -0.1) is 11.3 Å². The average molecular weight is 254 g/mol. The van der Waals surface area contributed by atoms with Gasteiger partial charge in [-0.25, -0.2) is 4.98 Å². The molecule has 96 valence electrons. The number of thiazole rings is 1. The Balaban J connectivity index is 2.03. The minimum Gasteiger partial charge on any atom is -0.349 e. The van der Waals surface area contributed by atoms with E-state index >= 15 is 0 Å². The van der Waals surface area contributed by atoms with Gasteiger partial charge in [0.25, 0.3) is 0 Å². The average Bonchev–Trinajstić information content (AvgIpc) is 2.71. The van der Waals surface area contributed by atoms with Crippen LogP contribution >= 0.6 is 11.3 Å². The quantitative estimate of drug-likeness (QED) is 0.865. The van der Waals surface area contributed by atoms with Gasteiger partial charge in [0.05, 0.1) is 5.69 Å². The van der Waals surface area contributed by atoms with E-state index in [1.54, 1.807) is 11.3 Å². The molecule has 17 heavy (non-hydrogen) atoms. The van der Waals surface area contributed by atoms with Crippen molar-refractivity contribution in [3.63, 3.8) is 0 Å². The molecule has 0 aliphatic heterocycles. The van der Waals surface area contributed by atoms with Gasteiger partial charge in [0.1, 0.15) is 0 Å². The number of likely N-dealkylation sites (N-methyl/N-ethyl adjacent to an activating group) is 2. The van der Waals surface area contributed by atoms with Gasteiger partial charge in [0.2, 0.25) is 0 Å². The van der Waals surface area contributed by atoms with E-state index in [1.807, 2.05) is 0 Å². The number of nitrogens with zero attached hydrogens (tertiary/aromatic N) is 3. The molecule has 1 aliphatic rings. The van der Waals surface area contributed by atoms with Crippen LogP contribution in [0.5, 0.6) is 0 Å². The smallest absolute Gasteiger partial charge is 0.185 e. The van der Waals surface area contributed by atoms with Crippen LogP contribution in [-0.4, -0.2) is 43.1 Å². The predicted octanol–water partition coefficient (Wildman–Crippen LogP) is 1.52. The van der Waals surface area contributed by atoms with E-state index in [9.17, 15) is 0 Å². The van der Waals surface area contributed by atoms with Crippen molar-refractivity contribution in [2.75, 3.05) is 32.6 Å². The highest BCUT2D eigenvalue weighted by Crippen LogP contribution is 2.37. The maximum atomic E-state index is 5.59. The van der Waals surface area contributed by atoms with Crippen molar-refractivity contribution in [1.29, 1.82) is 0 Å². The molecule has 1 fully saturated rings. The van der Waals surface area contributed by atoms with Crippen LogP contribution in [0.15, 0.2) is 5.38 Å². The van der Waals surface area contributed by atoms with Crippen molar-refractivity contribution in [3.05, 3.63) is 11.1 Å². The largest absolute Gasteiger partial charge is 0.349 e. The first-order chi connectivity index (χ1) is 8.07. The first-order valence-electron chi connectivity index (χ1n) is 6.10. The number of hydrogen-bond donors (Lipinski definition) is 1. The normalized spacial score (nSPS) is 18.2. The highest BCUT2D eigenvalue weighted by Gasteiger charge is 2.40. The summed E-state index contributed by atoms with van der Waals surface area (Å²) < 4.78 is 0. The van der Waals surface area contributed by atoms with Gasteiger partial charge in [-0.1, -0.05) is 0 Å². The lowest BCUT2D eigenvalue weighted by atomic mass is 9.75. The molecule has 0 bridgehead atoms. The number of aromatic nitrogens is 1. The molecule has 0 aromatic carbocycles. The van der Waals surface area contributed by atoms with E-state index in [0.717, 1.165) is 17.4 Å². The molecule has 0 unspecified atom stereocenters. The van der Waals surface area contributed by atoms with Crippen molar-refractivity contribution in [2.24, 2.45) is 5.73 Å². The van der Waals surface area contributed by atoms with Crippen LogP contribution < -0.4 is 10.6 Å². The Morgan fingerprint density at radius 1 is 1.41 bits per heavy atom. The van der Waals surface area contributed by atoms with Crippen molar-refractivity contribution >= 4 is 16.5 Å². The van der Waals surface area contributed by atoms with Gasteiger partial charge >= 0.3 is 0 Å². The first-order valence-corrected chi connectivity index (χ1v) is 6.98. The second-order valence-corrected chi connectivity index (χ2v) is 5.99. The summed E-state index contributed by atoms with van der Waals surface area (Å²) in [5, 5.41) is 3.13. The Bertz CT molecular complexity index is 370. The van der Waals surface area contributed by atoms with Crippen LogP contribution in [0, 0.1) is 0 Å². The lowest BCUT2D eigenvalue weighted by Gasteiger charge is -2.49. The fraction of sp³-hybridized carbons (Fsp3) is 0.750. The Hall–Kier alpha value is -0.650. The number of nitrogens with two attached hydrogens (primary N) is 1. The summed E-state index contributed by atoms with van der Waals surface area (Å²) in [5.41, 5.74) is 6.93. The molecular weight excluding hydrogens is 232 g/mol. The lowest BCUT2D eigenvalue weighted by Crippen LogP contribution is -2.56. The summed E-state index contributed by atoms with van der Waals surface area (Å²) in [5.74, 6) is 0. The zero-order valence-corrected chi connectivity index (χ0v) is 11.8. The topological polar surface area (TPSA) is 45.4 Å². The zero-order valence-electron chi connectivity index (χ0n) is 10.9. The minimum absolute atomic E-state index is 0.350. The van der Waals surface area contributed by atoms with Gasteiger partial charge in [-0.2, -0.15) is 0 Å².